The summed E-state index contributed by atoms with van der Waals surface area (Å²) in [6.45, 7) is 0.553. The van der Waals surface area contributed by atoms with Crippen molar-refractivity contribution in [1.82, 2.24) is 5.32 Å². The number of esters is 1. The van der Waals surface area contributed by atoms with Gasteiger partial charge < -0.3 is 14.8 Å². The molecule has 3 aromatic rings. The summed E-state index contributed by atoms with van der Waals surface area (Å²) in [5.41, 5.74) is 2.60. The third-order valence-electron chi connectivity index (χ3n) is 4.69. The van der Waals surface area contributed by atoms with Gasteiger partial charge in [-0.25, -0.2) is 4.79 Å². The Hall–Kier alpha value is -3.60. The summed E-state index contributed by atoms with van der Waals surface area (Å²) in [5.74, 6) is -0.124. The number of nitrogens with one attached hydrogen (secondary N) is 1. The fraction of sp³-hybridized carbons (Fsp3) is 0.200. The average molecular weight is 403 g/mol. The Balaban J connectivity index is 1.56. The van der Waals surface area contributed by atoms with Crippen LogP contribution in [0.25, 0.3) is 0 Å². The van der Waals surface area contributed by atoms with Crippen LogP contribution in [0.2, 0.25) is 0 Å². The van der Waals surface area contributed by atoms with Crippen molar-refractivity contribution in [3.63, 3.8) is 0 Å². The smallest absolute Gasteiger partial charge is 0.328 e. The number of ether oxygens (including phenoxy) is 2. The topological polar surface area (TPSA) is 64.6 Å². The van der Waals surface area contributed by atoms with Crippen LogP contribution in [0.1, 0.15) is 21.5 Å². The molecule has 0 saturated heterocycles. The molecule has 1 atom stereocenters. The summed E-state index contributed by atoms with van der Waals surface area (Å²) in [7, 11) is 1.31. The third kappa shape index (κ3) is 6.21. The molecule has 0 saturated carbocycles. The zero-order valence-electron chi connectivity index (χ0n) is 16.9. The van der Waals surface area contributed by atoms with Gasteiger partial charge in [-0.3, -0.25) is 4.79 Å². The summed E-state index contributed by atoms with van der Waals surface area (Å²) < 4.78 is 10.6. The van der Waals surface area contributed by atoms with Crippen molar-refractivity contribution in [3.8, 4) is 5.75 Å². The second kappa shape index (κ2) is 10.8. The zero-order chi connectivity index (χ0) is 21.2. The first-order valence-electron chi connectivity index (χ1n) is 9.85. The highest BCUT2D eigenvalue weighted by molar-refractivity contribution is 5.96. The van der Waals surface area contributed by atoms with E-state index in [1.165, 1.54) is 12.7 Å². The monoisotopic (exact) mass is 403 g/mol. The van der Waals surface area contributed by atoms with Crippen molar-refractivity contribution in [2.45, 2.75) is 18.9 Å². The largest absolute Gasteiger partial charge is 0.493 e. The van der Waals surface area contributed by atoms with Crippen LogP contribution in [-0.4, -0.2) is 31.6 Å². The molecular formula is C25H25NO4. The highest BCUT2D eigenvalue weighted by atomic mass is 16.5. The molecule has 0 heterocycles. The quantitative estimate of drug-likeness (QED) is 0.552. The van der Waals surface area contributed by atoms with Gasteiger partial charge in [0.25, 0.3) is 5.91 Å². The molecule has 0 spiro atoms. The van der Waals surface area contributed by atoms with Crippen molar-refractivity contribution in [1.29, 1.82) is 0 Å². The Morgan fingerprint density at radius 1 is 0.833 bits per heavy atom. The summed E-state index contributed by atoms with van der Waals surface area (Å²) in [4.78, 5) is 24.7. The van der Waals surface area contributed by atoms with Gasteiger partial charge in [-0.05, 0) is 35.4 Å². The molecule has 3 aromatic carbocycles. The number of benzene rings is 3. The minimum Gasteiger partial charge on any atom is -0.493 e. The lowest BCUT2D eigenvalue weighted by atomic mass is 10.1. The summed E-state index contributed by atoms with van der Waals surface area (Å²) in [6, 6.07) is 25.7. The fourth-order valence-electron chi connectivity index (χ4n) is 3.06. The van der Waals surface area contributed by atoms with Crippen molar-refractivity contribution < 1.29 is 19.1 Å². The van der Waals surface area contributed by atoms with Crippen LogP contribution in [0.3, 0.4) is 0 Å². The molecular weight excluding hydrogens is 378 g/mol. The molecule has 0 aliphatic heterocycles. The molecule has 0 aliphatic carbocycles. The molecule has 5 heteroatoms. The minimum absolute atomic E-state index is 0.336. The maximum atomic E-state index is 12.6. The number of hydrogen-bond acceptors (Lipinski definition) is 4. The highest BCUT2D eigenvalue weighted by Crippen LogP contribution is 2.14. The second-order valence-corrected chi connectivity index (χ2v) is 6.85. The van der Waals surface area contributed by atoms with Gasteiger partial charge in [0.15, 0.2) is 0 Å². The standard InChI is InChI=1S/C25H25NO4/c1-29-25(28)23(18-20-10-6-3-7-11-20)26-24(27)21-12-14-22(15-13-21)30-17-16-19-8-4-2-5-9-19/h2-15,23H,16-18H2,1H3,(H,26,27). The highest BCUT2D eigenvalue weighted by Gasteiger charge is 2.22. The SMILES string of the molecule is COC(=O)C(Cc1ccccc1)NC(=O)c1ccc(OCCc2ccccc2)cc1. The van der Waals surface area contributed by atoms with Crippen LogP contribution < -0.4 is 10.1 Å². The number of carbonyl (C=O) groups is 2. The van der Waals surface area contributed by atoms with Crippen molar-refractivity contribution in [2.75, 3.05) is 13.7 Å². The van der Waals surface area contributed by atoms with Crippen molar-refractivity contribution in [3.05, 3.63) is 102 Å². The number of methoxy groups -OCH3 is 1. The predicted molar refractivity (Wildman–Crippen MR) is 115 cm³/mol. The lowest BCUT2D eigenvalue weighted by molar-refractivity contribution is -0.142. The van der Waals surface area contributed by atoms with Gasteiger partial charge in [-0.15, -0.1) is 0 Å². The number of carbonyl (C=O) groups excluding carboxylic acids is 2. The molecule has 0 bridgehead atoms. The normalized spacial score (nSPS) is 11.4. The van der Waals surface area contributed by atoms with Gasteiger partial charge in [0.2, 0.25) is 0 Å². The molecule has 1 unspecified atom stereocenters. The van der Waals surface area contributed by atoms with Crippen LogP contribution in [0.15, 0.2) is 84.9 Å². The maximum absolute atomic E-state index is 12.6. The Labute approximate surface area is 176 Å². The maximum Gasteiger partial charge on any atom is 0.328 e. The van der Waals surface area contributed by atoms with Gasteiger partial charge in [0.05, 0.1) is 13.7 Å². The number of hydrogen-bond donors (Lipinski definition) is 1. The molecule has 1 N–H and O–H groups in total. The van der Waals surface area contributed by atoms with Gasteiger partial charge in [0, 0.05) is 18.4 Å². The van der Waals surface area contributed by atoms with Crippen LogP contribution >= 0.6 is 0 Å². The molecule has 30 heavy (non-hydrogen) atoms. The van der Waals surface area contributed by atoms with E-state index in [4.69, 9.17) is 9.47 Å². The van der Waals surface area contributed by atoms with Gasteiger partial charge in [-0.1, -0.05) is 60.7 Å². The zero-order valence-corrected chi connectivity index (χ0v) is 16.9. The first kappa shape index (κ1) is 21.1. The average Bonchev–Trinajstić information content (AvgIpc) is 2.80. The molecule has 0 radical (unpaired) electrons. The van der Waals surface area contributed by atoms with Crippen molar-refractivity contribution in [2.24, 2.45) is 0 Å². The van der Waals surface area contributed by atoms with Crippen LogP contribution in [0.5, 0.6) is 5.75 Å². The lowest BCUT2D eigenvalue weighted by Crippen LogP contribution is -2.43. The van der Waals surface area contributed by atoms with Crippen LogP contribution in [-0.2, 0) is 22.4 Å². The Morgan fingerprint density at radius 3 is 2.03 bits per heavy atom. The predicted octanol–water partition coefficient (Wildman–Crippen LogP) is 3.82. The van der Waals surface area contributed by atoms with E-state index in [2.05, 4.69) is 17.4 Å². The molecule has 0 aliphatic rings. The molecule has 3 rings (SSSR count). The van der Waals surface area contributed by atoms with E-state index < -0.39 is 12.0 Å². The van der Waals surface area contributed by atoms with E-state index in [1.807, 2.05) is 48.5 Å². The summed E-state index contributed by atoms with van der Waals surface area (Å²) in [6.07, 6.45) is 1.17. The molecule has 0 fully saturated rings. The minimum atomic E-state index is -0.758. The third-order valence-corrected chi connectivity index (χ3v) is 4.69. The number of amides is 1. The van der Waals surface area contributed by atoms with E-state index in [0.29, 0.717) is 24.3 Å². The first-order chi connectivity index (χ1) is 14.7. The summed E-state index contributed by atoms with van der Waals surface area (Å²) in [5, 5.41) is 2.76. The molecule has 5 nitrogen and oxygen atoms in total. The van der Waals surface area contributed by atoms with Crippen molar-refractivity contribution >= 4 is 11.9 Å². The lowest BCUT2D eigenvalue weighted by Gasteiger charge is -2.17. The van der Waals surface area contributed by atoms with Gasteiger partial charge >= 0.3 is 5.97 Å². The molecule has 154 valence electrons. The fourth-order valence-corrected chi connectivity index (χ4v) is 3.06. The van der Waals surface area contributed by atoms with Gasteiger partial charge in [0.1, 0.15) is 11.8 Å². The Bertz CT molecular complexity index is 940. The van der Waals surface area contributed by atoms with E-state index in [9.17, 15) is 9.59 Å². The van der Waals surface area contributed by atoms with E-state index in [-0.39, 0.29) is 5.91 Å². The van der Waals surface area contributed by atoms with E-state index >= 15 is 0 Å². The molecule has 0 aromatic heterocycles. The Kier molecular flexibility index (Phi) is 7.61. The van der Waals surface area contributed by atoms with Gasteiger partial charge in [-0.2, -0.15) is 0 Å². The summed E-state index contributed by atoms with van der Waals surface area (Å²) >= 11 is 0. The molecule has 1 amide bonds. The Morgan fingerprint density at radius 2 is 1.43 bits per heavy atom. The van der Waals surface area contributed by atoms with E-state index in [1.54, 1.807) is 24.3 Å². The van der Waals surface area contributed by atoms with E-state index in [0.717, 1.165) is 12.0 Å². The first-order valence-corrected chi connectivity index (χ1v) is 9.85. The van der Waals surface area contributed by atoms with Crippen LogP contribution in [0.4, 0.5) is 0 Å². The van der Waals surface area contributed by atoms with Crippen LogP contribution in [0, 0.1) is 0 Å². The number of rotatable bonds is 9. The second-order valence-electron chi connectivity index (χ2n) is 6.85.